The molecular weight excluding hydrogens is 222 g/mol. The summed E-state index contributed by atoms with van der Waals surface area (Å²) in [6, 6.07) is 1.83. The van der Waals surface area contributed by atoms with Crippen LogP contribution in [-0.2, 0) is 0 Å². The van der Waals surface area contributed by atoms with Gasteiger partial charge in [-0.3, -0.25) is 5.10 Å². The Hall–Kier alpha value is -1.14. The molecule has 0 radical (unpaired) electrons. The first-order chi connectivity index (χ1) is 6.74. The summed E-state index contributed by atoms with van der Waals surface area (Å²) in [7, 11) is 0. The van der Waals surface area contributed by atoms with Crippen LogP contribution in [0, 0.1) is 6.92 Å². The third-order valence-corrected chi connectivity index (χ3v) is 2.37. The fraction of sp³-hybridized carbons (Fsp3) is 0.143. The molecule has 0 fully saturated rings. The van der Waals surface area contributed by atoms with E-state index < -0.39 is 0 Å². The van der Waals surface area contributed by atoms with E-state index in [0.29, 0.717) is 5.16 Å². The Kier molecular flexibility index (Phi) is 2.64. The molecule has 2 rings (SSSR count). The first kappa shape index (κ1) is 9.42. The number of nitrogens with zero attached hydrogens (tertiary/aromatic N) is 4. The highest BCUT2D eigenvalue weighted by molar-refractivity contribution is 7.99. The largest absolute Gasteiger partial charge is 0.254 e. The van der Waals surface area contributed by atoms with Crippen LogP contribution in [0.5, 0.6) is 0 Å². The second kappa shape index (κ2) is 3.93. The quantitative estimate of drug-likeness (QED) is 0.625. The van der Waals surface area contributed by atoms with Gasteiger partial charge in [0.2, 0.25) is 5.28 Å². The number of aromatic nitrogens is 5. The summed E-state index contributed by atoms with van der Waals surface area (Å²) in [6.07, 6.45) is 1.44. The summed E-state index contributed by atoms with van der Waals surface area (Å²) < 4.78 is 0. The van der Waals surface area contributed by atoms with Crippen molar-refractivity contribution in [3.8, 4) is 0 Å². The van der Waals surface area contributed by atoms with Crippen LogP contribution in [0.25, 0.3) is 0 Å². The van der Waals surface area contributed by atoms with Gasteiger partial charge in [-0.25, -0.2) is 15.0 Å². The second-order valence-electron chi connectivity index (χ2n) is 2.51. The van der Waals surface area contributed by atoms with E-state index in [4.69, 9.17) is 11.6 Å². The maximum Gasteiger partial charge on any atom is 0.223 e. The molecule has 2 aromatic heterocycles. The molecule has 0 saturated carbocycles. The normalized spacial score (nSPS) is 10.4. The first-order valence-corrected chi connectivity index (χ1v) is 4.98. The van der Waals surface area contributed by atoms with E-state index in [1.807, 2.05) is 13.0 Å². The maximum atomic E-state index is 5.71. The number of hydrogen-bond acceptors (Lipinski definition) is 5. The van der Waals surface area contributed by atoms with Crippen LogP contribution < -0.4 is 0 Å². The highest BCUT2D eigenvalue weighted by Crippen LogP contribution is 2.22. The zero-order valence-corrected chi connectivity index (χ0v) is 8.80. The molecule has 0 amide bonds. The van der Waals surface area contributed by atoms with Crippen LogP contribution in [0.2, 0.25) is 5.28 Å². The average molecular weight is 228 g/mol. The Bertz CT molecular complexity index is 409. The van der Waals surface area contributed by atoms with Crippen molar-refractivity contribution in [3.63, 3.8) is 0 Å². The van der Waals surface area contributed by atoms with E-state index in [0.717, 1.165) is 10.7 Å². The molecule has 0 aliphatic rings. The highest BCUT2D eigenvalue weighted by Gasteiger charge is 2.04. The highest BCUT2D eigenvalue weighted by atomic mass is 35.5. The topological polar surface area (TPSA) is 67.3 Å². The number of halogens is 1. The number of hydrogen-bond donors (Lipinski definition) is 1. The second-order valence-corrected chi connectivity index (χ2v) is 3.86. The third-order valence-electron chi connectivity index (χ3n) is 1.40. The summed E-state index contributed by atoms with van der Waals surface area (Å²) in [6.45, 7) is 1.86. The molecule has 0 aromatic carbocycles. The summed E-state index contributed by atoms with van der Waals surface area (Å²) >= 11 is 7.07. The van der Waals surface area contributed by atoms with Gasteiger partial charge in [-0.15, -0.1) is 0 Å². The molecule has 1 N–H and O–H groups in total. The van der Waals surface area contributed by atoms with Gasteiger partial charge in [-0.2, -0.15) is 5.10 Å². The molecule has 0 unspecified atom stereocenters. The molecule has 7 heteroatoms. The maximum absolute atomic E-state index is 5.71. The van der Waals surface area contributed by atoms with E-state index in [1.165, 1.54) is 18.1 Å². The van der Waals surface area contributed by atoms with Crippen LogP contribution >= 0.6 is 23.4 Å². The van der Waals surface area contributed by atoms with Gasteiger partial charge in [0.05, 0.1) is 0 Å². The number of rotatable bonds is 2. The zero-order chi connectivity index (χ0) is 9.97. The lowest BCUT2D eigenvalue weighted by Gasteiger charge is -1.98. The van der Waals surface area contributed by atoms with Gasteiger partial charge in [0.15, 0.2) is 5.16 Å². The van der Waals surface area contributed by atoms with Crippen LogP contribution in [0.4, 0.5) is 0 Å². The molecule has 0 atom stereocenters. The Balaban J connectivity index is 2.25. The predicted molar refractivity (Wildman–Crippen MR) is 52.3 cm³/mol. The van der Waals surface area contributed by atoms with Gasteiger partial charge in [-0.1, -0.05) is 0 Å². The van der Waals surface area contributed by atoms with Crippen LogP contribution in [0.1, 0.15) is 5.69 Å². The van der Waals surface area contributed by atoms with Crippen molar-refractivity contribution in [1.29, 1.82) is 0 Å². The molecule has 14 heavy (non-hydrogen) atoms. The molecular formula is C7H6ClN5S. The van der Waals surface area contributed by atoms with Crippen LogP contribution in [0.3, 0.4) is 0 Å². The van der Waals surface area contributed by atoms with Gasteiger partial charge in [-0.05, 0) is 36.4 Å². The minimum Gasteiger partial charge on any atom is -0.254 e. The van der Waals surface area contributed by atoms with Gasteiger partial charge >= 0.3 is 0 Å². The lowest BCUT2D eigenvalue weighted by molar-refractivity contribution is 0.957. The minimum atomic E-state index is 0.243. The van der Waals surface area contributed by atoms with E-state index in [9.17, 15) is 0 Å². The Morgan fingerprint density at radius 1 is 1.43 bits per heavy atom. The van der Waals surface area contributed by atoms with Crippen molar-refractivity contribution in [1.82, 2.24) is 25.1 Å². The Morgan fingerprint density at radius 3 is 2.93 bits per heavy atom. The van der Waals surface area contributed by atoms with Crippen LogP contribution in [0.15, 0.2) is 22.6 Å². The molecule has 72 valence electrons. The Labute approximate surface area is 89.3 Å². The van der Waals surface area contributed by atoms with E-state index in [1.54, 1.807) is 0 Å². The summed E-state index contributed by atoms with van der Waals surface area (Å²) in [5.41, 5.74) is 0.826. The van der Waals surface area contributed by atoms with Crippen molar-refractivity contribution in [2.75, 3.05) is 0 Å². The standard InChI is InChI=1S/C7H6ClN5S/c1-4-2-5(12-6(8)11-4)14-7-9-3-10-13-7/h2-3H,1H3,(H,9,10,13). The number of nitrogens with one attached hydrogen (secondary N) is 1. The Morgan fingerprint density at radius 2 is 2.29 bits per heavy atom. The van der Waals surface area contributed by atoms with Crippen molar-refractivity contribution in [2.45, 2.75) is 17.1 Å². The van der Waals surface area contributed by atoms with Crippen LogP contribution in [-0.4, -0.2) is 25.1 Å². The number of aryl methyl sites for hydroxylation is 1. The van der Waals surface area contributed by atoms with E-state index in [-0.39, 0.29) is 5.28 Å². The number of aromatic amines is 1. The molecule has 2 heterocycles. The van der Waals surface area contributed by atoms with Crippen molar-refractivity contribution in [2.24, 2.45) is 0 Å². The zero-order valence-electron chi connectivity index (χ0n) is 7.23. The summed E-state index contributed by atoms with van der Waals surface area (Å²) in [4.78, 5) is 12.0. The van der Waals surface area contributed by atoms with Gasteiger partial charge in [0.25, 0.3) is 0 Å². The molecule has 0 bridgehead atoms. The van der Waals surface area contributed by atoms with Gasteiger partial charge in [0, 0.05) is 5.69 Å². The van der Waals surface area contributed by atoms with Crippen molar-refractivity contribution in [3.05, 3.63) is 23.4 Å². The predicted octanol–water partition coefficient (Wildman–Crippen LogP) is 1.71. The third kappa shape index (κ3) is 2.21. The van der Waals surface area contributed by atoms with Gasteiger partial charge in [0.1, 0.15) is 11.4 Å². The van der Waals surface area contributed by atoms with Gasteiger partial charge < -0.3 is 0 Å². The number of H-pyrrole nitrogens is 1. The molecule has 5 nitrogen and oxygen atoms in total. The van der Waals surface area contributed by atoms with E-state index in [2.05, 4.69) is 25.1 Å². The SMILES string of the molecule is Cc1cc(Sc2ncn[nH]2)nc(Cl)n1. The fourth-order valence-electron chi connectivity index (χ4n) is 0.899. The summed E-state index contributed by atoms with van der Waals surface area (Å²) in [5.74, 6) is 0. The average Bonchev–Trinajstić information content (AvgIpc) is 2.54. The molecule has 0 spiro atoms. The van der Waals surface area contributed by atoms with Crippen molar-refractivity contribution >= 4 is 23.4 Å². The summed E-state index contributed by atoms with van der Waals surface area (Å²) in [5, 5.41) is 8.12. The molecule has 0 aliphatic heterocycles. The molecule has 0 saturated heterocycles. The molecule has 2 aromatic rings. The monoisotopic (exact) mass is 227 g/mol. The lowest BCUT2D eigenvalue weighted by Crippen LogP contribution is -1.89. The molecule has 0 aliphatic carbocycles. The lowest BCUT2D eigenvalue weighted by atomic mass is 10.5. The first-order valence-electron chi connectivity index (χ1n) is 3.78. The van der Waals surface area contributed by atoms with Crippen molar-refractivity contribution < 1.29 is 0 Å². The smallest absolute Gasteiger partial charge is 0.223 e. The fourth-order valence-corrected chi connectivity index (χ4v) is 1.93. The minimum absolute atomic E-state index is 0.243. The van der Waals surface area contributed by atoms with E-state index >= 15 is 0 Å².